The van der Waals surface area contributed by atoms with E-state index in [1.165, 1.54) is 4.68 Å². The predicted molar refractivity (Wildman–Crippen MR) is 130 cm³/mol. The van der Waals surface area contributed by atoms with Gasteiger partial charge in [-0.3, -0.25) is 14.4 Å². The van der Waals surface area contributed by atoms with E-state index in [2.05, 4.69) is 5.10 Å². The zero-order valence-corrected chi connectivity index (χ0v) is 19.4. The van der Waals surface area contributed by atoms with Gasteiger partial charge in [-0.1, -0.05) is 0 Å². The van der Waals surface area contributed by atoms with E-state index in [9.17, 15) is 14.4 Å². The van der Waals surface area contributed by atoms with Crippen LogP contribution in [0.25, 0.3) is 5.69 Å². The summed E-state index contributed by atoms with van der Waals surface area (Å²) < 4.78 is 6.69. The molecule has 3 amide bonds. The maximum Gasteiger partial charge on any atom is 0.277 e. The van der Waals surface area contributed by atoms with Crippen LogP contribution >= 0.6 is 0 Å². The van der Waals surface area contributed by atoms with E-state index in [1.807, 2.05) is 24.3 Å². The molecule has 1 fully saturated rings. The summed E-state index contributed by atoms with van der Waals surface area (Å²) in [5.74, 6) is -0.139. The first-order valence-electron chi connectivity index (χ1n) is 11.3. The summed E-state index contributed by atoms with van der Waals surface area (Å²) in [7, 11) is 1.57. The largest absolute Gasteiger partial charge is 0.497 e. The molecule has 1 aromatic heterocycles. The Labute approximate surface area is 202 Å². The number of aromatic nitrogens is 2. The van der Waals surface area contributed by atoms with Crippen LogP contribution in [-0.2, 0) is 11.2 Å². The third-order valence-electron chi connectivity index (χ3n) is 6.36. The molecule has 2 aliphatic heterocycles. The number of nitrogens with two attached hydrogens (primary N) is 1. The highest BCUT2D eigenvalue weighted by Crippen LogP contribution is 2.31. The number of benzene rings is 2. The number of primary amides is 1. The predicted octanol–water partition coefficient (Wildman–Crippen LogP) is 1.87. The Morgan fingerprint density at radius 2 is 1.51 bits per heavy atom. The smallest absolute Gasteiger partial charge is 0.277 e. The summed E-state index contributed by atoms with van der Waals surface area (Å²) in [4.78, 5) is 41.4. The van der Waals surface area contributed by atoms with Crippen LogP contribution in [0.1, 0.15) is 45.8 Å². The molecule has 0 atom stereocenters. The van der Waals surface area contributed by atoms with Crippen LogP contribution in [0.2, 0.25) is 0 Å². The molecular weight excluding hydrogens is 450 g/mol. The summed E-state index contributed by atoms with van der Waals surface area (Å²) in [6, 6.07) is 14.5. The molecule has 1 saturated heterocycles. The van der Waals surface area contributed by atoms with Crippen molar-refractivity contribution in [1.82, 2.24) is 9.78 Å². The maximum absolute atomic E-state index is 13.6. The molecular formula is C25H27N5O5. The first kappa shape index (κ1) is 24.0. The lowest BCUT2D eigenvalue weighted by Crippen LogP contribution is -2.39. The summed E-state index contributed by atoms with van der Waals surface area (Å²) in [5.41, 5.74) is 8.73. The van der Waals surface area contributed by atoms with Crippen LogP contribution in [0.4, 0.5) is 11.4 Å². The number of carbonyl (C=O) groups excluding carboxylic acids is 3. The average Bonchev–Trinajstić information content (AvgIpc) is 3.26. The number of anilines is 2. The number of rotatable bonds is 5. The minimum absolute atomic E-state index is 0. The fourth-order valence-corrected chi connectivity index (χ4v) is 4.61. The molecule has 2 aliphatic rings. The number of hydrogen-bond donors (Lipinski definition) is 1. The van der Waals surface area contributed by atoms with Crippen LogP contribution in [0.15, 0.2) is 48.5 Å². The number of nitrogens with zero attached hydrogens (tertiary/aromatic N) is 4. The van der Waals surface area contributed by atoms with Crippen LogP contribution in [0.3, 0.4) is 0 Å². The summed E-state index contributed by atoms with van der Waals surface area (Å²) in [6.45, 7) is 1.10. The zero-order chi connectivity index (χ0) is 23.8. The fourth-order valence-electron chi connectivity index (χ4n) is 4.61. The number of hydrogen-bond acceptors (Lipinski definition) is 5. The van der Waals surface area contributed by atoms with Gasteiger partial charge in [-0.2, -0.15) is 5.10 Å². The highest BCUT2D eigenvalue weighted by molar-refractivity contribution is 6.09. The molecule has 2 aromatic carbocycles. The number of piperidine rings is 1. The minimum atomic E-state index is -0.666. The van der Waals surface area contributed by atoms with Crippen molar-refractivity contribution in [2.75, 3.05) is 30.0 Å². The van der Waals surface area contributed by atoms with E-state index in [0.717, 1.165) is 18.5 Å². The molecule has 4 N–H and O–H groups in total. The van der Waals surface area contributed by atoms with Gasteiger partial charge in [0, 0.05) is 36.4 Å². The molecule has 0 aliphatic carbocycles. The van der Waals surface area contributed by atoms with Gasteiger partial charge in [0.15, 0.2) is 5.69 Å². The lowest BCUT2D eigenvalue weighted by Gasteiger charge is -2.29. The highest BCUT2D eigenvalue weighted by atomic mass is 16.5. The molecule has 3 heterocycles. The highest BCUT2D eigenvalue weighted by Gasteiger charge is 2.34. The number of methoxy groups -OCH3 is 1. The molecule has 0 saturated carbocycles. The topological polar surface area (TPSA) is 142 Å². The normalized spacial score (nSPS) is 15.5. The number of amides is 3. The summed E-state index contributed by atoms with van der Waals surface area (Å²) in [5, 5.41) is 4.39. The Morgan fingerprint density at radius 3 is 2.11 bits per heavy atom. The lowest BCUT2D eigenvalue weighted by molar-refractivity contribution is -0.119. The van der Waals surface area contributed by atoms with Gasteiger partial charge in [-0.25, -0.2) is 4.68 Å². The van der Waals surface area contributed by atoms with Gasteiger partial charge in [0.2, 0.25) is 5.91 Å². The minimum Gasteiger partial charge on any atom is -0.497 e. The van der Waals surface area contributed by atoms with Gasteiger partial charge in [0.1, 0.15) is 11.4 Å². The van der Waals surface area contributed by atoms with Crippen LogP contribution in [0, 0.1) is 0 Å². The Hall–Kier alpha value is -4.18. The van der Waals surface area contributed by atoms with Gasteiger partial charge in [0.05, 0.1) is 12.8 Å². The van der Waals surface area contributed by atoms with Crippen molar-refractivity contribution in [2.24, 2.45) is 5.73 Å². The quantitative estimate of drug-likeness (QED) is 0.597. The van der Waals surface area contributed by atoms with Crippen molar-refractivity contribution in [2.45, 2.75) is 25.7 Å². The van der Waals surface area contributed by atoms with E-state index in [1.54, 1.807) is 41.2 Å². The first-order valence-corrected chi connectivity index (χ1v) is 11.3. The van der Waals surface area contributed by atoms with E-state index in [4.69, 9.17) is 10.5 Å². The monoisotopic (exact) mass is 477 g/mol. The SMILES string of the molecule is COc1ccc(-n2nc(C(N)=O)c3c2C(=O)N(c2ccc(N4CCCCC4=O)cc2)CC3)cc1.O. The molecule has 5 rings (SSSR count). The van der Waals surface area contributed by atoms with Crippen molar-refractivity contribution in [3.8, 4) is 11.4 Å². The van der Waals surface area contributed by atoms with Crippen molar-refractivity contribution < 1.29 is 24.6 Å². The summed E-state index contributed by atoms with van der Waals surface area (Å²) >= 11 is 0. The average molecular weight is 478 g/mol. The third-order valence-corrected chi connectivity index (χ3v) is 6.36. The van der Waals surface area contributed by atoms with Crippen molar-refractivity contribution in [3.63, 3.8) is 0 Å². The first-order chi connectivity index (χ1) is 16.5. The van der Waals surface area contributed by atoms with E-state index < -0.39 is 5.91 Å². The Kier molecular flexibility index (Phi) is 6.57. The molecule has 0 bridgehead atoms. The molecule has 10 nitrogen and oxygen atoms in total. The molecule has 182 valence electrons. The fraction of sp³-hybridized carbons (Fsp3) is 0.280. The Bertz CT molecular complexity index is 1270. The molecule has 0 radical (unpaired) electrons. The van der Waals surface area contributed by atoms with Crippen LogP contribution in [-0.4, -0.2) is 53.2 Å². The van der Waals surface area contributed by atoms with Gasteiger partial charge in [0.25, 0.3) is 11.8 Å². The molecule has 35 heavy (non-hydrogen) atoms. The zero-order valence-electron chi connectivity index (χ0n) is 19.4. The van der Waals surface area contributed by atoms with Crippen LogP contribution in [0.5, 0.6) is 5.75 Å². The third kappa shape index (κ3) is 4.24. The number of carbonyl (C=O) groups is 3. The second kappa shape index (κ2) is 9.59. The number of ether oxygens (including phenoxy) is 1. The van der Waals surface area contributed by atoms with Gasteiger partial charge >= 0.3 is 0 Å². The molecule has 0 spiro atoms. The maximum atomic E-state index is 13.6. The Balaban J connectivity index is 0.00000289. The lowest BCUT2D eigenvalue weighted by atomic mass is 10.0. The number of fused-ring (bicyclic) bond motifs is 1. The van der Waals surface area contributed by atoms with Gasteiger partial charge in [-0.05, 0) is 67.8 Å². The van der Waals surface area contributed by atoms with Crippen molar-refractivity contribution >= 4 is 29.1 Å². The van der Waals surface area contributed by atoms with Crippen molar-refractivity contribution in [3.05, 3.63) is 65.5 Å². The second-order valence-electron chi connectivity index (χ2n) is 8.38. The van der Waals surface area contributed by atoms with Gasteiger partial charge < -0.3 is 25.7 Å². The molecule has 3 aromatic rings. The summed E-state index contributed by atoms with van der Waals surface area (Å²) in [6.07, 6.45) is 2.92. The second-order valence-corrected chi connectivity index (χ2v) is 8.38. The molecule has 0 unspecified atom stereocenters. The molecule has 10 heteroatoms. The van der Waals surface area contributed by atoms with E-state index in [0.29, 0.717) is 54.3 Å². The van der Waals surface area contributed by atoms with E-state index >= 15 is 0 Å². The van der Waals surface area contributed by atoms with Gasteiger partial charge in [-0.15, -0.1) is 0 Å². The standard InChI is InChI=1S/C25H25N5O4.H2O/c1-34-19-11-9-18(10-12-19)30-23-20(22(27-30)24(26)32)13-15-29(25(23)33)17-7-5-16(6-8-17)28-14-3-2-4-21(28)31;/h5-12H,2-4,13-15H2,1H3,(H2,26,32);1H2. The van der Waals surface area contributed by atoms with Crippen LogP contribution < -0.4 is 20.3 Å². The van der Waals surface area contributed by atoms with Crippen molar-refractivity contribution in [1.29, 1.82) is 0 Å². The van der Waals surface area contributed by atoms with E-state index in [-0.39, 0.29) is 23.0 Å². The Morgan fingerprint density at radius 1 is 0.886 bits per heavy atom.